The minimum absolute atomic E-state index is 0.0310. The van der Waals surface area contributed by atoms with E-state index in [0.29, 0.717) is 0 Å². The number of fused-ring (bicyclic) bond motifs is 1. The summed E-state index contributed by atoms with van der Waals surface area (Å²) in [5.74, 6) is -1.22. The molecule has 0 aliphatic rings. The molecule has 0 saturated carbocycles. The lowest BCUT2D eigenvalue weighted by Gasteiger charge is -2.20. The molecule has 3 aromatic carbocycles. The molecule has 0 fully saturated rings. The number of nitrogens with one attached hydrogen (secondary N) is 1. The average Bonchev–Trinajstić information content (AvgIpc) is 2.91. The first-order chi connectivity index (χ1) is 20.2. The maximum Gasteiger partial charge on any atom is 0.315 e. The van der Waals surface area contributed by atoms with Crippen molar-refractivity contribution in [1.82, 2.24) is 15.0 Å². The predicted molar refractivity (Wildman–Crippen MR) is 150 cm³/mol. The number of aromatic hydroxyl groups is 1. The van der Waals surface area contributed by atoms with E-state index in [9.17, 15) is 45.7 Å². The number of anilines is 4. The molecule has 228 valence electrons. The van der Waals surface area contributed by atoms with E-state index in [0.717, 1.165) is 24.3 Å². The highest BCUT2D eigenvalue weighted by atomic mass is 32.2. The summed E-state index contributed by atoms with van der Waals surface area (Å²) < 4.78 is 80.8. The maximum absolute atomic E-state index is 14.1. The molecule has 0 amide bonds. The third-order valence-electron chi connectivity index (χ3n) is 5.74. The van der Waals surface area contributed by atoms with E-state index in [-0.39, 0.29) is 66.0 Å². The van der Waals surface area contributed by atoms with Crippen LogP contribution >= 0.6 is 0 Å². The van der Waals surface area contributed by atoms with E-state index in [2.05, 4.69) is 30.5 Å². The zero-order valence-corrected chi connectivity index (χ0v) is 23.3. The van der Waals surface area contributed by atoms with Crippen molar-refractivity contribution in [3.05, 3.63) is 48.5 Å². The molecule has 4 aromatic rings. The van der Waals surface area contributed by atoms with E-state index < -0.39 is 47.5 Å². The van der Waals surface area contributed by atoms with E-state index in [4.69, 9.17) is 5.73 Å². The van der Waals surface area contributed by atoms with Crippen LogP contribution in [-0.2, 0) is 20.2 Å². The van der Waals surface area contributed by atoms with Crippen LogP contribution in [0.15, 0.2) is 62.5 Å². The second-order valence-electron chi connectivity index (χ2n) is 8.66. The molecule has 1 aromatic heterocycles. The summed E-state index contributed by atoms with van der Waals surface area (Å²) >= 11 is 0. The second-order valence-corrected chi connectivity index (χ2v) is 11.5. The highest BCUT2D eigenvalue weighted by molar-refractivity contribution is 7.86. The second kappa shape index (κ2) is 12.3. The molecular weight excluding hydrogens is 615 g/mol. The summed E-state index contributed by atoms with van der Waals surface area (Å²) in [6.07, 6.45) is -1.21. The molecule has 0 bridgehead atoms. The number of aromatic nitrogens is 3. The molecule has 0 spiro atoms. The Balaban J connectivity index is 1.74. The van der Waals surface area contributed by atoms with Gasteiger partial charge >= 0.3 is 6.08 Å². The van der Waals surface area contributed by atoms with Gasteiger partial charge in [0, 0.05) is 24.8 Å². The number of nitrogens with two attached hydrogens (primary N) is 1. The maximum atomic E-state index is 14.1. The Bertz CT molecular complexity index is 1940. The number of azo groups is 1. The Morgan fingerprint density at radius 1 is 0.907 bits per heavy atom. The Morgan fingerprint density at radius 2 is 1.60 bits per heavy atom. The minimum atomic E-state index is -4.94. The van der Waals surface area contributed by atoms with Crippen LogP contribution in [0.3, 0.4) is 0 Å². The van der Waals surface area contributed by atoms with E-state index >= 15 is 0 Å². The van der Waals surface area contributed by atoms with Crippen molar-refractivity contribution in [3.63, 3.8) is 0 Å². The van der Waals surface area contributed by atoms with Gasteiger partial charge in [0.2, 0.25) is 11.9 Å². The van der Waals surface area contributed by atoms with Gasteiger partial charge in [0.05, 0.1) is 29.2 Å². The third-order valence-corrected chi connectivity index (χ3v) is 7.46. The predicted octanol–water partition coefficient (Wildman–Crippen LogP) is 1.90. The lowest BCUT2D eigenvalue weighted by molar-refractivity contribution is 0.279. The molecule has 1 heterocycles. The van der Waals surface area contributed by atoms with Gasteiger partial charge in [-0.2, -0.15) is 36.2 Å². The number of aliphatic hydroxyl groups excluding tert-OH is 2. The number of hydrogen-bond acceptors (Lipinski definition) is 15. The fourth-order valence-corrected chi connectivity index (χ4v) is 5.06. The van der Waals surface area contributed by atoms with Crippen LogP contribution in [0, 0.1) is 6.08 Å². The standard InChI is InChI=1S/C23H23FN8O9S2/c24-21-27-22(29-23(28-21)32(5-7-33)6-8-34)26-13-2-4-16(18(10-13)43(39,40)41)30-31-20-15(25)3-1-12-9-14(42(36,37)38)11-17(35)19(12)20/h1-4,9-11,33-35H,5-8,25H2,(H,36,37,38)(H,39,40,41)(H,26,27,28,29)/b31-30+. The number of hydrogen-bond donors (Lipinski definition) is 7. The monoisotopic (exact) mass is 638 g/mol. The Morgan fingerprint density at radius 3 is 2.23 bits per heavy atom. The number of phenolic OH excluding ortho intramolecular Hbond substituents is 1. The van der Waals surface area contributed by atoms with Crippen molar-refractivity contribution in [3.8, 4) is 5.75 Å². The lowest BCUT2D eigenvalue weighted by Crippen LogP contribution is -2.31. The quantitative estimate of drug-likeness (QED) is 0.0702. The number of phenols is 1. The molecule has 0 radical (unpaired) electrons. The molecule has 4 rings (SSSR count). The van der Waals surface area contributed by atoms with Gasteiger partial charge in [-0.25, -0.2) is 0 Å². The van der Waals surface area contributed by atoms with Gasteiger partial charge < -0.3 is 31.3 Å². The molecule has 17 nitrogen and oxygen atoms in total. The SMILES string of the molecule is Nc1ccc2cc(S(=O)(=O)O)cc(O)c2c1/N=N/c1ccc(Nc2nc(F)nc(N(CCO)CCO)n2)cc1S(=O)(=O)O. The number of aliphatic hydroxyl groups is 2. The highest BCUT2D eigenvalue weighted by Gasteiger charge is 2.20. The fourth-order valence-electron chi connectivity index (χ4n) is 3.88. The number of rotatable bonds is 11. The zero-order valence-electron chi connectivity index (χ0n) is 21.7. The van der Waals surface area contributed by atoms with Gasteiger partial charge in [0.25, 0.3) is 20.2 Å². The van der Waals surface area contributed by atoms with Crippen molar-refractivity contribution in [2.75, 3.05) is 42.3 Å². The van der Waals surface area contributed by atoms with Gasteiger partial charge in [-0.05, 0) is 35.7 Å². The topological polar surface area (TPSA) is 274 Å². The van der Waals surface area contributed by atoms with Crippen molar-refractivity contribution in [1.29, 1.82) is 0 Å². The van der Waals surface area contributed by atoms with Gasteiger partial charge in [0.1, 0.15) is 22.0 Å². The van der Waals surface area contributed by atoms with Gasteiger partial charge in [-0.1, -0.05) is 6.07 Å². The average molecular weight is 639 g/mol. The van der Waals surface area contributed by atoms with Gasteiger partial charge in [0.15, 0.2) is 0 Å². The fraction of sp³-hybridized carbons (Fsp3) is 0.174. The molecule has 0 saturated heterocycles. The summed E-state index contributed by atoms with van der Waals surface area (Å²) in [5, 5.41) is 39.3. The lowest BCUT2D eigenvalue weighted by atomic mass is 10.1. The number of nitrogens with zero attached hydrogens (tertiary/aromatic N) is 6. The first-order valence-electron chi connectivity index (χ1n) is 11.9. The molecule has 8 N–H and O–H groups in total. The van der Waals surface area contributed by atoms with Crippen molar-refractivity contribution < 1.29 is 45.7 Å². The molecule has 0 aliphatic carbocycles. The first-order valence-corrected chi connectivity index (χ1v) is 14.8. The summed E-state index contributed by atoms with van der Waals surface area (Å²) in [7, 11) is -9.60. The zero-order chi connectivity index (χ0) is 31.5. The Hall–Kier alpha value is -4.60. The summed E-state index contributed by atoms with van der Waals surface area (Å²) in [5.41, 5.74) is 5.32. The van der Waals surface area contributed by atoms with Crippen LogP contribution in [0.2, 0.25) is 0 Å². The molecule has 20 heteroatoms. The van der Waals surface area contributed by atoms with Crippen LogP contribution < -0.4 is 16.0 Å². The van der Waals surface area contributed by atoms with Crippen molar-refractivity contribution >= 4 is 65.7 Å². The van der Waals surface area contributed by atoms with Crippen LogP contribution in [0.1, 0.15) is 0 Å². The number of halogens is 1. The normalized spacial score (nSPS) is 12.2. The first kappa shape index (κ1) is 31.3. The highest BCUT2D eigenvalue weighted by Crippen LogP contribution is 2.41. The van der Waals surface area contributed by atoms with E-state index in [1.54, 1.807) is 0 Å². The Labute approximate surface area is 242 Å². The van der Waals surface area contributed by atoms with Gasteiger partial charge in [-0.3, -0.25) is 9.11 Å². The molecule has 0 unspecified atom stereocenters. The smallest absolute Gasteiger partial charge is 0.315 e. The van der Waals surface area contributed by atoms with Gasteiger partial charge in [-0.15, -0.1) is 10.2 Å². The molecule has 43 heavy (non-hydrogen) atoms. The minimum Gasteiger partial charge on any atom is -0.507 e. The Kier molecular flexibility index (Phi) is 8.98. The number of nitrogen functional groups attached to an aromatic ring is 1. The van der Waals surface area contributed by atoms with Crippen LogP contribution in [0.5, 0.6) is 5.75 Å². The molecule has 0 aliphatic heterocycles. The summed E-state index contributed by atoms with van der Waals surface area (Å²) in [4.78, 5) is 11.0. The van der Waals surface area contributed by atoms with E-state index in [1.165, 1.54) is 23.1 Å². The van der Waals surface area contributed by atoms with Crippen molar-refractivity contribution in [2.24, 2.45) is 10.2 Å². The largest absolute Gasteiger partial charge is 0.507 e. The van der Waals surface area contributed by atoms with Crippen LogP contribution in [0.4, 0.5) is 39.0 Å². The van der Waals surface area contributed by atoms with Crippen LogP contribution in [-0.4, -0.2) is 82.5 Å². The molecule has 0 atom stereocenters. The number of benzene rings is 3. The summed E-state index contributed by atoms with van der Waals surface area (Å²) in [6.45, 7) is -0.758. The third kappa shape index (κ3) is 7.25. The van der Waals surface area contributed by atoms with E-state index in [1.807, 2.05) is 0 Å². The summed E-state index contributed by atoms with van der Waals surface area (Å²) in [6, 6.07) is 7.79. The van der Waals surface area contributed by atoms with Crippen molar-refractivity contribution in [2.45, 2.75) is 9.79 Å². The molecular formula is C23H23FN8O9S2. The van der Waals surface area contributed by atoms with Crippen LogP contribution in [0.25, 0.3) is 10.8 Å².